The first-order valence-electron chi connectivity index (χ1n) is 4.10. The van der Waals surface area contributed by atoms with Gasteiger partial charge in [0.2, 0.25) is 0 Å². The molecule has 2 N–H and O–H groups in total. The van der Waals surface area contributed by atoms with Crippen LogP contribution in [-0.2, 0) is 0 Å². The topological polar surface area (TPSA) is 35.5 Å². The van der Waals surface area contributed by atoms with Crippen LogP contribution in [0.3, 0.4) is 0 Å². The van der Waals surface area contributed by atoms with Gasteiger partial charge in [-0.15, -0.1) is 12.2 Å². The molecule has 0 spiro atoms. The van der Waals surface area contributed by atoms with Crippen LogP contribution in [0.25, 0.3) is 0 Å². The third-order valence-corrected chi connectivity index (χ3v) is 1.52. The Labute approximate surface area is 68.6 Å². The molecule has 0 aromatic carbocycles. The van der Waals surface area contributed by atoms with E-state index >= 15 is 0 Å². The minimum atomic E-state index is 0.681. The number of hydrogen-bond donors (Lipinski definition) is 2. The van der Waals surface area contributed by atoms with Gasteiger partial charge in [-0.25, -0.2) is 5.01 Å². The van der Waals surface area contributed by atoms with Crippen LogP contribution in [0.1, 0.15) is 26.2 Å². The van der Waals surface area contributed by atoms with E-state index in [1.807, 2.05) is 0 Å². The Hall–Kier alpha value is -0.380. The Kier molecular flexibility index (Phi) is 7.46. The Bertz CT molecular complexity index is 96.1. The molecule has 0 heterocycles. The highest BCUT2D eigenvalue weighted by Gasteiger charge is 1.97. The molecule has 0 aliphatic heterocycles. The van der Waals surface area contributed by atoms with Crippen molar-refractivity contribution in [2.45, 2.75) is 26.2 Å². The molecular formula is C8H18N2O. The summed E-state index contributed by atoms with van der Waals surface area (Å²) < 4.78 is 0. The van der Waals surface area contributed by atoms with E-state index in [1.54, 1.807) is 11.1 Å². The third-order valence-electron chi connectivity index (χ3n) is 1.52. The van der Waals surface area contributed by atoms with Crippen molar-refractivity contribution in [2.24, 2.45) is 0 Å². The molecule has 0 saturated heterocycles. The molecule has 0 unspecified atom stereocenters. The number of nitrogens with one attached hydrogen (secondary N) is 1. The maximum Gasteiger partial charge on any atom is 0.0331 e. The van der Waals surface area contributed by atoms with Crippen molar-refractivity contribution < 1.29 is 5.21 Å². The lowest BCUT2D eigenvalue weighted by molar-refractivity contribution is -0.0127. The highest BCUT2D eigenvalue weighted by Crippen LogP contribution is 1.95. The Morgan fingerprint density at radius 1 is 1.55 bits per heavy atom. The van der Waals surface area contributed by atoms with Gasteiger partial charge in [-0.2, -0.15) is 0 Å². The van der Waals surface area contributed by atoms with Crippen molar-refractivity contribution >= 4 is 0 Å². The molecule has 0 amide bonds. The van der Waals surface area contributed by atoms with Crippen LogP contribution < -0.4 is 5.59 Å². The van der Waals surface area contributed by atoms with Crippen molar-refractivity contribution in [3.05, 3.63) is 12.7 Å². The van der Waals surface area contributed by atoms with Crippen LogP contribution in [0.2, 0.25) is 0 Å². The lowest BCUT2D eigenvalue weighted by atomic mass is 10.2. The Balaban J connectivity index is 3.27. The standard InChI is InChI=1S/C8H18N2O/c1-3-5-6-8-10(9-11)7-4-2/h4,9,11H,2-3,5-8H2,1H3. The van der Waals surface area contributed by atoms with Gasteiger partial charge in [-0.3, -0.25) is 0 Å². The monoisotopic (exact) mass is 158 g/mol. The molecular weight excluding hydrogens is 140 g/mol. The Morgan fingerprint density at radius 3 is 2.73 bits per heavy atom. The maximum absolute atomic E-state index is 8.58. The third kappa shape index (κ3) is 6.04. The average Bonchev–Trinajstić information content (AvgIpc) is 2.03. The number of hydrazine groups is 1. The van der Waals surface area contributed by atoms with Crippen molar-refractivity contribution in [1.82, 2.24) is 10.6 Å². The molecule has 66 valence electrons. The van der Waals surface area contributed by atoms with Gasteiger partial charge >= 0.3 is 0 Å². The summed E-state index contributed by atoms with van der Waals surface area (Å²) in [4.78, 5) is 0. The molecule has 0 aliphatic carbocycles. The molecule has 0 aromatic heterocycles. The molecule has 0 bridgehead atoms. The minimum absolute atomic E-state index is 0.681. The fraction of sp³-hybridized carbons (Fsp3) is 0.750. The number of rotatable bonds is 7. The zero-order valence-corrected chi connectivity index (χ0v) is 7.21. The van der Waals surface area contributed by atoms with E-state index in [0.717, 1.165) is 13.0 Å². The summed E-state index contributed by atoms with van der Waals surface area (Å²) in [6.07, 6.45) is 5.27. The summed E-state index contributed by atoms with van der Waals surface area (Å²) >= 11 is 0. The summed E-state index contributed by atoms with van der Waals surface area (Å²) in [6.45, 7) is 7.29. The van der Waals surface area contributed by atoms with E-state index in [1.165, 1.54) is 12.8 Å². The normalized spacial score (nSPS) is 10.5. The van der Waals surface area contributed by atoms with E-state index < -0.39 is 0 Å². The zero-order valence-electron chi connectivity index (χ0n) is 7.21. The van der Waals surface area contributed by atoms with Crippen LogP contribution in [-0.4, -0.2) is 23.3 Å². The summed E-state index contributed by atoms with van der Waals surface area (Å²) in [5, 5.41) is 10.3. The van der Waals surface area contributed by atoms with Crippen LogP contribution >= 0.6 is 0 Å². The van der Waals surface area contributed by atoms with Crippen LogP contribution in [0.5, 0.6) is 0 Å². The maximum atomic E-state index is 8.58. The quantitative estimate of drug-likeness (QED) is 0.335. The molecule has 0 rings (SSSR count). The van der Waals surface area contributed by atoms with Gasteiger partial charge in [0.25, 0.3) is 0 Å². The smallest absolute Gasteiger partial charge is 0.0331 e. The first-order valence-corrected chi connectivity index (χ1v) is 4.10. The second-order valence-corrected chi connectivity index (χ2v) is 2.54. The average molecular weight is 158 g/mol. The summed E-state index contributed by atoms with van der Waals surface area (Å²) in [7, 11) is 0. The largest absolute Gasteiger partial charge is 0.302 e. The van der Waals surface area contributed by atoms with Crippen LogP contribution in [0, 0.1) is 0 Å². The summed E-state index contributed by atoms with van der Waals surface area (Å²) in [5.74, 6) is 0. The molecule has 0 radical (unpaired) electrons. The summed E-state index contributed by atoms with van der Waals surface area (Å²) in [6, 6.07) is 0. The fourth-order valence-electron chi connectivity index (χ4n) is 0.891. The van der Waals surface area contributed by atoms with Gasteiger partial charge in [-0.1, -0.05) is 25.8 Å². The van der Waals surface area contributed by atoms with Gasteiger partial charge in [0.05, 0.1) is 0 Å². The first kappa shape index (κ1) is 10.6. The van der Waals surface area contributed by atoms with Gasteiger partial charge < -0.3 is 5.21 Å². The van der Waals surface area contributed by atoms with Crippen molar-refractivity contribution in [2.75, 3.05) is 13.1 Å². The highest BCUT2D eigenvalue weighted by molar-refractivity contribution is 4.69. The SMILES string of the molecule is C=CCN(CCCCC)NO. The number of nitrogens with zero attached hydrogens (tertiary/aromatic N) is 1. The fourth-order valence-corrected chi connectivity index (χ4v) is 0.891. The molecule has 0 aromatic rings. The molecule has 0 atom stereocenters. The van der Waals surface area contributed by atoms with Gasteiger partial charge in [-0.05, 0) is 6.42 Å². The molecule has 3 heteroatoms. The van der Waals surface area contributed by atoms with Crippen LogP contribution in [0.4, 0.5) is 0 Å². The molecule has 0 aliphatic rings. The number of unbranched alkanes of at least 4 members (excludes halogenated alkanes) is 2. The highest BCUT2D eigenvalue weighted by atomic mass is 16.5. The van der Waals surface area contributed by atoms with Gasteiger partial charge in [0, 0.05) is 13.1 Å². The number of hydrogen-bond acceptors (Lipinski definition) is 3. The second kappa shape index (κ2) is 7.72. The minimum Gasteiger partial charge on any atom is -0.302 e. The molecule has 0 saturated carbocycles. The first-order chi connectivity index (χ1) is 5.35. The van der Waals surface area contributed by atoms with E-state index in [-0.39, 0.29) is 0 Å². The predicted octanol–water partition coefficient (Wildman–Crippen LogP) is 1.56. The van der Waals surface area contributed by atoms with Crippen molar-refractivity contribution in [1.29, 1.82) is 0 Å². The van der Waals surface area contributed by atoms with E-state index in [0.29, 0.717) is 6.54 Å². The van der Waals surface area contributed by atoms with Crippen LogP contribution in [0.15, 0.2) is 12.7 Å². The van der Waals surface area contributed by atoms with Crippen molar-refractivity contribution in [3.63, 3.8) is 0 Å². The summed E-state index contributed by atoms with van der Waals surface area (Å²) in [5.41, 5.74) is 2.12. The molecule has 0 fully saturated rings. The lowest BCUT2D eigenvalue weighted by Crippen LogP contribution is -2.36. The van der Waals surface area contributed by atoms with E-state index in [2.05, 4.69) is 19.1 Å². The van der Waals surface area contributed by atoms with E-state index in [4.69, 9.17) is 5.21 Å². The lowest BCUT2D eigenvalue weighted by Gasteiger charge is -2.16. The second-order valence-electron chi connectivity index (χ2n) is 2.54. The van der Waals surface area contributed by atoms with E-state index in [9.17, 15) is 0 Å². The van der Waals surface area contributed by atoms with Gasteiger partial charge in [0.1, 0.15) is 0 Å². The van der Waals surface area contributed by atoms with Gasteiger partial charge in [0.15, 0.2) is 0 Å². The molecule has 3 nitrogen and oxygen atoms in total. The Morgan fingerprint density at radius 2 is 2.27 bits per heavy atom. The zero-order chi connectivity index (χ0) is 8.53. The van der Waals surface area contributed by atoms with Crippen molar-refractivity contribution in [3.8, 4) is 0 Å². The predicted molar refractivity (Wildman–Crippen MR) is 46.2 cm³/mol. The molecule has 11 heavy (non-hydrogen) atoms.